The summed E-state index contributed by atoms with van der Waals surface area (Å²) in [7, 11) is -4.15. The van der Waals surface area contributed by atoms with Crippen molar-refractivity contribution < 1.29 is 18.0 Å². The highest BCUT2D eigenvalue weighted by Crippen LogP contribution is 2.27. The number of nitrogens with zero attached hydrogens (tertiary/aromatic N) is 2. The lowest BCUT2D eigenvalue weighted by Crippen LogP contribution is -2.52. The van der Waals surface area contributed by atoms with Gasteiger partial charge in [0, 0.05) is 22.6 Å². The lowest BCUT2D eigenvalue weighted by molar-refractivity contribution is -0.139. The van der Waals surface area contributed by atoms with Gasteiger partial charge in [-0.05, 0) is 75.2 Å². The van der Waals surface area contributed by atoms with E-state index in [-0.39, 0.29) is 29.1 Å². The Balaban J connectivity index is 2.02. The van der Waals surface area contributed by atoms with Crippen molar-refractivity contribution in [3.63, 3.8) is 0 Å². The molecule has 0 bridgehead atoms. The van der Waals surface area contributed by atoms with Crippen LogP contribution in [0.4, 0.5) is 5.69 Å². The minimum Gasteiger partial charge on any atom is -0.352 e. The molecule has 7 nitrogen and oxygen atoms in total. The fourth-order valence-corrected chi connectivity index (χ4v) is 5.55. The number of carbonyl (C=O) groups excluding carboxylic acids is 2. The van der Waals surface area contributed by atoms with E-state index < -0.39 is 28.5 Å². The van der Waals surface area contributed by atoms with Gasteiger partial charge in [-0.3, -0.25) is 13.9 Å². The summed E-state index contributed by atoms with van der Waals surface area (Å²) in [6.45, 7) is 6.86. The van der Waals surface area contributed by atoms with Crippen molar-refractivity contribution in [1.82, 2.24) is 10.2 Å². The molecule has 0 aliphatic rings. The monoisotopic (exact) mass is 589 g/mol. The van der Waals surface area contributed by atoms with Gasteiger partial charge in [0.15, 0.2) is 0 Å². The normalized spacial score (nSPS) is 12.9. The van der Waals surface area contributed by atoms with Crippen LogP contribution in [0.15, 0.2) is 77.7 Å². The zero-order chi connectivity index (χ0) is 28.7. The third-order valence-corrected chi connectivity index (χ3v) is 8.69. The average Bonchev–Trinajstić information content (AvgIpc) is 2.90. The molecule has 10 heteroatoms. The maximum absolute atomic E-state index is 13.9. The summed E-state index contributed by atoms with van der Waals surface area (Å²) in [5, 5.41) is 3.77. The van der Waals surface area contributed by atoms with Crippen molar-refractivity contribution in [3.8, 4) is 0 Å². The van der Waals surface area contributed by atoms with Crippen LogP contribution in [-0.2, 0) is 26.2 Å². The molecular formula is C29H33Cl2N3O4S. The highest BCUT2D eigenvalue weighted by Gasteiger charge is 2.32. The lowest BCUT2D eigenvalue weighted by Gasteiger charge is -2.32. The molecule has 0 saturated heterocycles. The highest BCUT2D eigenvalue weighted by molar-refractivity contribution is 7.92. The summed E-state index contributed by atoms with van der Waals surface area (Å²) in [5.74, 6) is -0.880. The number of hydrogen-bond acceptors (Lipinski definition) is 4. The van der Waals surface area contributed by atoms with Gasteiger partial charge in [-0.15, -0.1) is 0 Å². The Bertz CT molecular complexity index is 1400. The van der Waals surface area contributed by atoms with E-state index in [4.69, 9.17) is 23.2 Å². The molecule has 208 valence electrons. The average molecular weight is 591 g/mol. The summed E-state index contributed by atoms with van der Waals surface area (Å²) in [5.41, 5.74) is 1.88. The topological polar surface area (TPSA) is 86.8 Å². The van der Waals surface area contributed by atoms with Crippen LogP contribution in [0.3, 0.4) is 0 Å². The molecule has 3 rings (SSSR count). The van der Waals surface area contributed by atoms with Crippen LogP contribution in [-0.4, -0.2) is 43.8 Å². The van der Waals surface area contributed by atoms with Gasteiger partial charge in [0.25, 0.3) is 10.0 Å². The van der Waals surface area contributed by atoms with Crippen molar-refractivity contribution in [2.75, 3.05) is 10.8 Å². The van der Waals surface area contributed by atoms with Crippen LogP contribution in [0.25, 0.3) is 0 Å². The van der Waals surface area contributed by atoms with Crippen LogP contribution in [0, 0.1) is 6.92 Å². The number of halogens is 2. The number of nitrogens with one attached hydrogen (secondary N) is 1. The predicted molar refractivity (Wildman–Crippen MR) is 157 cm³/mol. The molecule has 1 N–H and O–H groups in total. The number of carbonyl (C=O) groups is 2. The Morgan fingerprint density at radius 1 is 0.923 bits per heavy atom. The van der Waals surface area contributed by atoms with Crippen molar-refractivity contribution in [2.45, 2.75) is 57.6 Å². The summed E-state index contributed by atoms with van der Waals surface area (Å²) in [6, 6.07) is 18.7. The highest BCUT2D eigenvalue weighted by atomic mass is 35.5. The molecule has 0 fully saturated rings. The van der Waals surface area contributed by atoms with Crippen molar-refractivity contribution in [2.24, 2.45) is 0 Å². The summed E-state index contributed by atoms with van der Waals surface area (Å²) in [6.07, 6.45) is 0.723. The largest absolute Gasteiger partial charge is 0.352 e. The molecule has 0 aliphatic carbocycles. The number of sulfonamides is 1. The van der Waals surface area contributed by atoms with Crippen LogP contribution >= 0.6 is 23.2 Å². The number of benzene rings is 3. The zero-order valence-electron chi connectivity index (χ0n) is 22.4. The summed E-state index contributed by atoms with van der Waals surface area (Å²) < 4.78 is 28.7. The van der Waals surface area contributed by atoms with E-state index in [1.54, 1.807) is 61.5 Å². The van der Waals surface area contributed by atoms with Gasteiger partial charge in [-0.2, -0.15) is 0 Å². The van der Waals surface area contributed by atoms with Gasteiger partial charge >= 0.3 is 0 Å². The third-order valence-electron chi connectivity index (χ3n) is 6.42. The molecule has 2 amide bonds. The fourth-order valence-electron chi connectivity index (χ4n) is 3.83. The van der Waals surface area contributed by atoms with Gasteiger partial charge < -0.3 is 10.2 Å². The second-order valence-electron chi connectivity index (χ2n) is 9.45. The summed E-state index contributed by atoms with van der Waals surface area (Å²) >= 11 is 12.2. The van der Waals surface area contributed by atoms with E-state index in [0.29, 0.717) is 10.0 Å². The second kappa shape index (κ2) is 13.3. The molecule has 0 saturated carbocycles. The van der Waals surface area contributed by atoms with E-state index in [9.17, 15) is 18.0 Å². The number of anilines is 1. The van der Waals surface area contributed by atoms with Crippen LogP contribution in [0.2, 0.25) is 10.0 Å². The van der Waals surface area contributed by atoms with Crippen molar-refractivity contribution >= 4 is 50.7 Å². The van der Waals surface area contributed by atoms with Crippen LogP contribution in [0.5, 0.6) is 0 Å². The Kier molecular flexibility index (Phi) is 10.4. The molecule has 0 aromatic heterocycles. The Morgan fingerprint density at radius 2 is 1.56 bits per heavy atom. The second-order valence-corrected chi connectivity index (χ2v) is 12.2. The van der Waals surface area contributed by atoms with E-state index >= 15 is 0 Å². The van der Waals surface area contributed by atoms with Gasteiger partial charge in [0.2, 0.25) is 11.8 Å². The van der Waals surface area contributed by atoms with Gasteiger partial charge in [-0.1, -0.05) is 66.0 Å². The first-order chi connectivity index (χ1) is 18.4. The SMILES string of the molecule is CC[C@@H](C)NC(=O)[C@@H](C)N(Cc1ccc(Cl)cc1)C(=O)CN(c1cccc(Cl)c1)S(=O)(=O)c1ccc(C)cc1. The maximum Gasteiger partial charge on any atom is 0.264 e. The molecule has 0 heterocycles. The molecule has 0 spiro atoms. The molecule has 3 aromatic rings. The minimum absolute atomic E-state index is 0.0349. The fraction of sp³-hybridized carbons (Fsp3) is 0.310. The van der Waals surface area contributed by atoms with Gasteiger partial charge in [0.05, 0.1) is 10.6 Å². The van der Waals surface area contributed by atoms with E-state index in [2.05, 4.69) is 5.32 Å². The quantitative estimate of drug-likeness (QED) is 0.305. The molecule has 0 radical (unpaired) electrons. The van der Waals surface area contributed by atoms with E-state index in [1.165, 1.54) is 23.1 Å². The van der Waals surface area contributed by atoms with Gasteiger partial charge in [0.1, 0.15) is 12.6 Å². The first-order valence-electron chi connectivity index (χ1n) is 12.6. The number of amides is 2. The Labute approximate surface area is 240 Å². The smallest absolute Gasteiger partial charge is 0.264 e. The molecule has 39 heavy (non-hydrogen) atoms. The third kappa shape index (κ3) is 7.97. The molecule has 0 unspecified atom stereocenters. The standard InChI is InChI=1S/C29H33Cl2N3O4S/c1-5-21(3)32-29(36)22(4)33(18-23-11-13-24(30)14-12-23)28(35)19-34(26-8-6-7-25(31)17-26)39(37,38)27-15-9-20(2)10-16-27/h6-17,21-22H,5,18-19H2,1-4H3,(H,32,36)/t21-,22-/m1/s1. The zero-order valence-corrected chi connectivity index (χ0v) is 24.7. The number of hydrogen-bond donors (Lipinski definition) is 1. The molecule has 2 atom stereocenters. The molecule has 3 aromatic carbocycles. The van der Waals surface area contributed by atoms with E-state index in [0.717, 1.165) is 21.9 Å². The van der Waals surface area contributed by atoms with Gasteiger partial charge in [-0.25, -0.2) is 8.42 Å². The Hall–Kier alpha value is -3.07. The lowest BCUT2D eigenvalue weighted by atomic mass is 10.1. The van der Waals surface area contributed by atoms with E-state index in [1.807, 2.05) is 20.8 Å². The number of aryl methyl sites for hydroxylation is 1. The van der Waals surface area contributed by atoms with Crippen molar-refractivity contribution in [1.29, 1.82) is 0 Å². The molecular weight excluding hydrogens is 557 g/mol. The minimum atomic E-state index is -4.15. The predicted octanol–water partition coefficient (Wildman–Crippen LogP) is 5.83. The molecule has 0 aliphatic heterocycles. The number of rotatable bonds is 11. The Morgan fingerprint density at radius 3 is 2.15 bits per heavy atom. The first-order valence-corrected chi connectivity index (χ1v) is 14.8. The first kappa shape index (κ1) is 30.5. The summed E-state index contributed by atoms with van der Waals surface area (Å²) in [4.78, 5) is 28.4. The van der Waals surface area contributed by atoms with Crippen molar-refractivity contribution in [3.05, 3.63) is 94.0 Å². The van der Waals surface area contributed by atoms with Crippen LogP contribution < -0.4 is 9.62 Å². The van der Waals surface area contributed by atoms with Crippen LogP contribution in [0.1, 0.15) is 38.3 Å². The maximum atomic E-state index is 13.9.